The number of nitrogens with zero attached hydrogens (tertiary/aromatic N) is 1. The van der Waals surface area contributed by atoms with Crippen LogP contribution in [0.4, 0.5) is 8.78 Å². The summed E-state index contributed by atoms with van der Waals surface area (Å²) in [6, 6.07) is 10.7. The Labute approximate surface area is 144 Å². The fraction of sp³-hybridized carbons (Fsp3) is 0.333. The summed E-state index contributed by atoms with van der Waals surface area (Å²) in [7, 11) is 0. The first-order chi connectivity index (χ1) is 11.7. The van der Waals surface area contributed by atoms with Crippen molar-refractivity contribution in [2.75, 3.05) is 24.7 Å². The van der Waals surface area contributed by atoms with Gasteiger partial charge in [-0.05, 0) is 29.8 Å². The van der Waals surface area contributed by atoms with Crippen LogP contribution < -0.4 is 4.74 Å². The summed E-state index contributed by atoms with van der Waals surface area (Å²) in [4.78, 5) is 2.16. The molecule has 1 aliphatic heterocycles. The first kappa shape index (κ1) is 17.2. The Morgan fingerprint density at radius 3 is 2.67 bits per heavy atom. The minimum absolute atomic E-state index is 0.00227. The lowest BCUT2D eigenvalue weighted by molar-refractivity contribution is 0.133. The van der Waals surface area contributed by atoms with E-state index in [0.29, 0.717) is 6.54 Å². The van der Waals surface area contributed by atoms with Gasteiger partial charge in [-0.3, -0.25) is 4.90 Å². The molecule has 1 heterocycles. The molecule has 6 heteroatoms. The summed E-state index contributed by atoms with van der Waals surface area (Å²) in [6.07, 6.45) is 0. The predicted molar refractivity (Wildman–Crippen MR) is 91.5 cm³/mol. The van der Waals surface area contributed by atoms with Crippen molar-refractivity contribution in [3.63, 3.8) is 0 Å². The van der Waals surface area contributed by atoms with E-state index < -0.39 is 11.6 Å². The van der Waals surface area contributed by atoms with Gasteiger partial charge in [-0.25, -0.2) is 8.78 Å². The Morgan fingerprint density at radius 2 is 1.92 bits per heavy atom. The summed E-state index contributed by atoms with van der Waals surface area (Å²) in [5, 5.41) is 9.44. The molecule has 128 valence electrons. The average Bonchev–Trinajstić information content (AvgIpc) is 2.59. The molecule has 0 bridgehead atoms. The second kappa shape index (κ2) is 7.96. The molecule has 1 atom stereocenters. The molecular weight excluding hydrogens is 332 g/mol. The lowest BCUT2D eigenvalue weighted by atomic mass is 10.1. The molecule has 0 spiro atoms. The van der Waals surface area contributed by atoms with Gasteiger partial charge in [-0.15, -0.1) is 0 Å². The van der Waals surface area contributed by atoms with E-state index in [1.165, 1.54) is 24.3 Å². The molecule has 0 aliphatic carbocycles. The molecule has 0 aromatic heterocycles. The van der Waals surface area contributed by atoms with Crippen LogP contribution in [-0.2, 0) is 6.54 Å². The molecule has 2 aromatic carbocycles. The van der Waals surface area contributed by atoms with E-state index in [0.717, 1.165) is 23.6 Å². The standard InChI is InChI=1S/C18H19F2NO2S/c19-15-3-1-2-4-17(15)23-18-6-5-13(9-16(18)20)10-21-7-8-24-12-14(21)11-22/h1-6,9,14,22H,7-8,10-12H2/t14-/m1/s1. The van der Waals surface area contributed by atoms with Gasteiger partial charge in [0, 0.05) is 30.6 Å². The van der Waals surface area contributed by atoms with Crippen LogP contribution in [0, 0.1) is 11.6 Å². The molecule has 1 saturated heterocycles. The van der Waals surface area contributed by atoms with Crippen molar-refractivity contribution < 1.29 is 18.6 Å². The smallest absolute Gasteiger partial charge is 0.166 e. The van der Waals surface area contributed by atoms with Crippen LogP contribution >= 0.6 is 11.8 Å². The average molecular weight is 351 g/mol. The zero-order valence-electron chi connectivity index (χ0n) is 13.1. The number of aliphatic hydroxyl groups excluding tert-OH is 1. The Balaban J connectivity index is 1.71. The molecule has 3 nitrogen and oxygen atoms in total. The van der Waals surface area contributed by atoms with Gasteiger partial charge in [0.2, 0.25) is 0 Å². The van der Waals surface area contributed by atoms with E-state index >= 15 is 0 Å². The third-order valence-corrected chi connectivity index (χ3v) is 5.09. The third kappa shape index (κ3) is 4.06. The van der Waals surface area contributed by atoms with Crippen molar-refractivity contribution in [2.24, 2.45) is 0 Å². The van der Waals surface area contributed by atoms with Crippen LogP contribution in [0.1, 0.15) is 5.56 Å². The lowest BCUT2D eigenvalue weighted by Gasteiger charge is -2.34. The van der Waals surface area contributed by atoms with Crippen molar-refractivity contribution >= 4 is 11.8 Å². The normalized spacial score (nSPS) is 18.5. The summed E-state index contributed by atoms with van der Waals surface area (Å²) >= 11 is 1.82. The molecule has 0 radical (unpaired) electrons. The van der Waals surface area contributed by atoms with Crippen LogP contribution in [-0.4, -0.2) is 40.7 Å². The Bertz CT molecular complexity index is 698. The van der Waals surface area contributed by atoms with E-state index in [1.807, 2.05) is 11.8 Å². The van der Waals surface area contributed by atoms with Crippen LogP contribution in [0.25, 0.3) is 0 Å². The quantitative estimate of drug-likeness (QED) is 0.891. The molecule has 0 saturated carbocycles. The van der Waals surface area contributed by atoms with Gasteiger partial charge >= 0.3 is 0 Å². The second-order valence-corrected chi connectivity index (χ2v) is 6.83. The maximum atomic E-state index is 14.3. The zero-order valence-corrected chi connectivity index (χ0v) is 13.9. The van der Waals surface area contributed by atoms with Gasteiger partial charge in [-0.2, -0.15) is 11.8 Å². The number of hydrogen-bond donors (Lipinski definition) is 1. The SMILES string of the molecule is OC[C@@H]1CSCCN1Cc1ccc(Oc2ccccc2F)c(F)c1. The fourth-order valence-corrected chi connectivity index (χ4v) is 3.79. The molecule has 1 fully saturated rings. The molecule has 1 N–H and O–H groups in total. The highest BCUT2D eigenvalue weighted by Crippen LogP contribution is 2.28. The number of para-hydroxylation sites is 1. The molecular formula is C18H19F2NO2S. The number of ether oxygens (including phenoxy) is 1. The van der Waals surface area contributed by atoms with E-state index in [1.54, 1.807) is 18.2 Å². The highest BCUT2D eigenvalue weighted by molar-refractivity contribution is 7.99. The van der Waals surface area contributed by atoms with E-state index in [4.69, 9.17) is 4.74 Å². The summed E-state index contributed by atoms with van der Waals surface area (Å²) in [6.45, 7) is 1.54. The van der Waals surface area contributed by atoms with Crippen molar-refractivity contribution in [2.45, 2.75) is 12.6 Å². The number of halogens is 2. The second-order valence-electron chi connectivity index (χ2n) is 5.68. The number of aliphatic hydroxyl groups is 1. The lowest BCUT2D eigenvalue weighted by Crippen LogP contribution is -2.43. The molecule has 2 aromatic rings. The maximum Gasteiger partial charge on any atom is 0.166 e. The van der Waals surface area contributed by atoms with Crippen molar-refractivity contribution in [3.05, 3.63) is 59.7 Å². The number of benzene rings is 2. The first-order valence-electron chi connectivity index (χ1n) is 7.81. The molecule has 0 unspecified atom stereocenters. The Morgan fingerprint density at radius 1 is 1.12 bits per heavy atom. The van der Waals surface area contributed by atoms with Crippen LogP contribution in [0.3, 0.4) is 0 Å². The minimum Gasteiger partial charge on any atom is -0.451 e. The summed E-state index contributed by atoms with van der Waals surface area (Å²) < 4.78 is 33.2. The topological polar surface area (TPSA) is 32.7 Å². The van der Waals surface area contributed by atoms with Crippen molar-refractivity contribution in [1.82, 2.24) is 4.90 Å². The summed E-state index contributed by atoms with van der Waals surface area (Å²) in [5.41, 5.74) is 0.804. The zero-order chi connectivity index (χ0) is 16.9. The maximum absolute atomic E-state index is 14.3. The highest BCUT2D eigenvalue weighted by Gasteiger charge is 2.22. The predicted octanol–water partition coefficient (Wildman–Crippen LogP) is 3.67. The highest BCUT2D eigenvalue weighted by atomic mass is 32.2. The molecule has 0 amide bonds. The Hall–Kier alpha value is -1.63. The van der Waals surface area contributed by atoms with Crippen LogP contribution in [0.2, 0.25) is 0 Å². The van der Waals surface area contributed by atoms with Gasteiger partial charge in [0.05, 0.1) is 6.61 Å². The molecule has 3 rings (SSSR count). The Kier molecular flexibility index (Phi) is 5.71. The largest absolute Gasteiger partial charge is 0.451 e. The van der Waals surface area contributed by atoms with Gasteiger partial charge < -0.3 is 9.84 Å². The molecule has 24 heavy (non-hydrogen) atoms. The first-order valence-corrected chi connectivity index (χ1v) is 8.96. The van der Waals surface area contributed by atoms with Crippen molar-refractivity contribution in [3.8, 4) is 11.5 Å². The van der Waals surface area contributed by atoms with Gasteiger partial charge in [0.1, 0.15) is 0 Å². The van der Waals surface area contributed by atoms with Crippen LogP contribution in [0.5, 0.6) is 11.5 Å². The molecule has 1 aliphatic rings. The summed E-state index contributed by atoms with van der Waals surface area (Å²) in [5.74, 6) is 0.829. The monoisotopic (exact) mass is 351 g/mol. The van der Waals surface area contributed by atoms with E-state index in [9.17, 15) is 13.9 Å². The van der Waals surface area contributed by atoms with Gasteiger partial charge in [-0.1, -0.05) is 18.2 Å². The third-order valence-electron chi connectivity index (χ3n) is 4.00. The number of hydrogen-bond acceptors (Lipinski definition) is 4. The van der Waals surface area contributed by atoms with Crippen molar-refractivity contribution in [1.29, 1.82) is 0 Å². The minimum atomic E-state index is -0.530. The number of rotatable bonds is 5. The number of thioether (sulfide) groups is 1. The van der Waals surface area contributed by atoms with E-state index in [-0.39, 0.29) is 24.1 Å². The van der Waals surface area contributed by atoms with Gasteiger partial charge in [0.25, 0.3) is 0 Å². The fourth-order valence-electron chi connectivity index (χ4n) is 2.67. The van der Waals surface area contributed by atoms with Crippen LogP contribution in [0.15, 0.2) is 42.5 Å². The van der Waals surface area contributed by atoms with E-state index in [2.05, 4.69) is 4.90 Å². The van der Waals surface area contributed by atoms with Gasteiger partial charge in [0.15, 0.2) is 23.1 Å².